The van der Waals surface area contributed by atoms with Gasteiger partial charge < -0.3 is 15.4 Å². The maximum atomic E-state index is 13.5. The third kappa shape index (κ3) is 8.38. The first-order valence-corrected chi connectivity index (χ1v) is 17.6. The molecule has 8 nitrogen and oxygen atoms in total. The van der Waals surface area contributed by atoms with Crippen molar-refractivity contribution in [3.05, 3.63) is 93.2 Å². The van der Waals surface area contributed by atoms with Gasteiger partial charge in [-0.3, -0.25) is 0 Å². The molecule has 0 spiro atoms. The van der Waals surface area contributed by atoms with Crippen LogP contribution in [0.4, 0.5) is 15.9 Å². The lowest BCUT2D eigenvalue weighted by atomic mass is 10.1. The number of fused-ring (bicyclic) bond motifs is 1. The van der Waals surface area contributed by atoms with Gasteiger partial charge in [0.15, 0.2) is 9.84 Å². The summed E-state index contributed by atoms with van der Waals surface area (Å²) in [5.41, 5.74) is 4.23. The van der Waals surface area contributed by atoms with Crippen LogP contribution in [0.25, 0.3) is 22.2 Å². The predicted molar refractivity (Wildman–Crippen MR) is 179 cm³/mol. The average Bonchev–Trinajstić information content (AvgIpc) is 3.47. The van der Waals surface area contributed by atoms with E-state index in [0.29, 0.717) is 18.1 Å². The fraction of sp³-hybridized carbons (Fsp3) is 0.281. The zero-order valence-corrected chi connectivity index (χ0v) is 27.6. The summed E-state index contributed by atoms with van der Waals surface area (Å²) in [6.07, 6.45) is 3.22. The summed E-state index contributed by atoms with van der Waals surface area (Å²) in [7, 11) is -3.02. The maximum absolute atomic E-state index is 13.5. The Balaban J connectivity index is 1.21. The summed E-state index contributed by atoms with van der Waals surface area (Å²) >= 11 is 5.20. The van der Waals surface area contributed by atoms with E-state index in [0.717, 1.165) is 62.3 Å². The quantitative estimate of drug-likeness (QED) is 0.116. The Hall–Kier alpha value is -3.45. The lowest BCUT2D eigenvalue weighted by Crippen LogP contribution is -2.28. The third-order valence-electron chi connectivity index (χ3n) is 6.99. The van der Waals surface area contributed by atoms with E-state index in [1.807, 2.05) is 42.5 Å². The number of halogens is 2. The smallest absolute Gasteiger partial charge is 0.153 e. The molecule has 5 rings (SSSR count). The molecule has 0 radical (unpaired) electrons. The number of ether oxygens (including phenoxy) is 1. The molecule has 2 aromatic heterocycles. The molecule has 0 atom stereocenters. The molecule has 3 aromatic carbocycles. The molecule has 5 aromatic rings. The number of hydrogen-bond donors (Lipinski definition) is 2. The Kier molecular flexibility index (Phi) is 10.6. The number of sulfone groups is 1. The van der Waals surface area contributed by atoms with Crippen molar-refractivity contribution in [1.29, 1.82) is 0 Å². The van der Waals surface area contributed by atoms with Crippen LogP contribution in [0, 0.1) is 5.82 Å². The van der Waals surface area contributed by atoms with Gasteiger partial charge >= 0.3 is 0 Å². The van der Waals surface area contributed by atoms with Crippen LogP contribution in [0.5, 0.6) is 5.75 Å². The topological polar surface area (TPSA) is 106 Å². The van der Waals surface area contributed by atoms with E-state index in [-0.39, 0.29) is 23.4 Å². The van der Waals surface area contributed by atoms with Gasteiger partial charge in [0, 0.05) is 35.0 Å². The zero-order chi connectivity index (χ0) is 31.1. The van der Waals surface area contributed by atoms with E-state index in [2.05, 4.69) is 41.9 Å². The van der Waals surface area contributed by atoms with E-state index in [9.17, 15) is 12.8 Å². The van der Waals surface area contributed by atoms with Crippen LogP contribution in [0.15, 0.2) is 76.8 Å². The van der Waals surface area contributed by atoms with E-state index in [4.69, 9.17) is 9.72 Å². The molecule has 2 N–H and O–H groups in total. The predicted octanol–water partition coefficient (Wildman–Crippen LogP) is 7.32. The molecule has 0 saturated carbocycles. The lowest BCUT2D eigenvalue weighted by molar-refractivity contribution is 0.303. The van der Waals surface area contributed by atoms with E-state index in [1.165, 1.54) is 18.5 Å². The first-order chi connectivity index (χ1) is 21.2. The number of rotatable bonds is 14. The van der Waals surface area contributed by atoms with Crippen LogP contribution in [-0.4, -0.2) is 47.5 Å². The van der Waals surface area contributed by atoms with Crippen molar-refractivity contribution in [2.75, 3.05) is 24.2 Å². The fourth-order valence-corrected chi connectivity index (χ4v) is 6.68. The van der Waals surface area contributed by atoms with Crippen LogP contribution in [-0.2, 0) is 22.9 Å². The molecule has 0 aliphatic heterocycles. The molecule has 12 heteroatoms. The molecule has 0 aliphatic carbocycles. The highest BCUT2D eigenvalue weighted by atomic mass is 79.9. The Bertz CT molecular complexity index is 1850. The highest BCUT2D eigenvalue weighted by Crippen LogP contribution is 2.33. The van der Waals surface area contributed by atoms with E-state index < -0.39 is 9.84 Å². The summed E-state index contributed by atoms with van der Waals surface area (Å²) in [4.78, 5) is 13.8. The number of benzene rings is 3. The Morgan fingerprint density at radius 2 is 1.91 bits per heavy atom. The Morgan fingerprint density at radius 1 is 1.05 bits per heavy atom. The van der Waals surface area contributed by atoms with Crippen molar-refractivity contribution in [2.24, 2.45) is 0 Å². The largest absolute Gasteiger partial charge is 0.488 e. The number of nitrogens with one attached hydrogen (secondary N) is 2. The van der Waals surface area contributed by atoms with Crippen LogP contribution in [0.1, 0.15) is 30.8 Å². The van der Waals surface area contributed by atoms with Gasteiger partial charge in [0.25, 0.3) is 0 Å². The number of aromatic nitrogens is 3. The minimum atomic E-state index is -3.02. The SMILES string of the molecule is CC(C)S(=O)(=O)CCNCCCc1nc(-c2ccc3ncnc(Nc4ccc(OCc5cccc(F)c5)c(Br)c4)c3c2)cs1. The van der Waals surface area contributed by atoms with Crippen molar-refractivity contribution in [3.63, 3.8) is 0 Å². The first-order valence-electron chi connectivity index (χ1n) is 14.2. The highest BCUT2D eigenvalue weighted by molar-refractivity contribution is 9.10. The Labute approximate surface area is 269 Å². The van der Waals surface area contributed by atoms with Crippen molar-refractivity contribution in [3.8, 4) is 17.0 Å². The van der Waals surface area contributed by atoms with Gasteiger partial charge in [-0.2, -0.15) is 0 Å². The van der Waals surface area contributed by atoms with E-state index >= 15 is 0 Å². The van der Waals surface area contributed by atoms with E-state index in [1.54, 1.807) is 31.3 Å². The molecule has 2 heterocycles. The van der Waals surface area contributed by atoms with Gasteiger partial charge in [-0.15, -0.1) is 11.3 Å². The van der Waals surface area contributed by atoms with Crippen molar-refractivity contribution in [1.82, 2.24) is 20.3 Å². The van der Waals surface area contributed by atoms with Gasteiger partial charge in [-0.1, -0.05) is 18.2 Å². The molecular weight excluding hydrogens is 665 g/mol. The molecule has 0 unspecified atom stereocenters. The minimum Gasteiger partial charge on any atom is -0.488 e. The van der Waals surface area contributed by atoms with Crippen molar-refractivity contribution < 1.29 is 17.5 Å². The van der Waals surface area contributed by atoms with Crippen molar-refractivity contribution in [2.45, 2.75) is 38.5 Å². The zero-order valence-electron chi connectivity index (χ0n) is 24.4. The summed E-state index contributed by atoms with van der Waals surface area (Å²) in [5.74, 6) is 1.17. The molecule has 44 heavy (non-hydrogen) atoms. The summed E-state index contributed by atoms with van der Waals surface area (Å²) in [6, 6.07) is 18.0. The summed E-state index contributed by atoms with van der Waals surface area (Å²) in [5, 5.41) is 10.2. The second-order valence-electron chi connectivity index (χ2n) is 10.5. The van der Waals surface area contributed by atoms with Crippen molar-refractivity contribution >= 4 is 59.5 Å². The Morgan fingerprint density at radius 3 is 2.70 bits per heavy atom. The molecule has 0 amide bonds. The lowest BCUT2D eigenvalue weighted by Gasteiger charge is -2.12. The van der Waals surface area contributed by atoms with Gasteiger partial charge in [0.1, 0.15) is 30.3 Å². The number of nitrogens with zero attached hydrogens (tertiary/aromatic N) is 3. The van der Waals surface area contributed by atoms with Crippen LogP contribution >= 0.6 is 27.3 Å². The average molecular weight is 699 g/mol. The number of anilines is 2. The number of aryl methyl sites for hydroxylation is 1. The molecule has 0 saturated heterocycles. The molecule has 0 bridgehead atoms. The van der Waals surface area contributed by atoms with Gasteiger partial charge in [0.2, 0.25) is 0 Å². The second kappa shape index (κ2) is 14.6. The molecule has 230 valence electrons. The minimum absolute atomic E-state index is 0.156. The summed E-state index contributed by atoms with van der Waals surface area (Å²) in [6.45, 7) is 4.88. The highest BCUT2D eigenvalue weighted by Gasteiger charge is 2.15. The van der Waals surface area contributed by atoms with Gasteiger partial charge in [-0.05, 0) is 90.8 Å². The molecular formula is C32H33BrFN5O3S2. The van der Waals surface area contributed by atoms with Gasteiger partial charge in [-0.25, -0.2) is 27.8 Å². The standard InChI is InChI=1S/C32H33BrFN5O3S2/c1-21(2)44(40,41)14-13-35-12-4-7-31-39-29(19-43-31)23-8-10-28-26(16-23)32(37-20-36-28)38-25-9-11-30(27(33)17-25)42-18-22-5-3-6-24(34)15-22/h3,5-6,8-11,15-17,19-21,35H,4,7,12-14,18H2,1-2H3,(H,36,37,38). The van der Waals surface area contributed by atoms with Crippen LogP contribution < -0.4 is 15.4 Å². The maximum Gasteiger partial charge on any atom is 0.153 e. The number of thiazole rings is 1. The molecule has 0 fully saturated rings. The van der Waals surface area contributed by atoms with Crippen LogP contribution in [0.2, 0.25) is 0 Å². The summed E-state index contributed by atoms with van der Waals surface area (Å²) < 4.78 is 44.0. The first kappa shape index (κ1) is 32.0. The third-order valence-corrected chi connectivity index (χ3v) is 10.7. The normalized spacial score (nSPS) is 11.8. The van der Waals surface area contributed by atoms with Crippen LogP contribution in [0.3, 0.4) is 0 Å². The van der Waals surface area contributed by atoms with Gasteiger partial charge in [0.05, 0.1) is 31.7 Å². The fourth-order valence-electron chi connectivity index (χ4n) is 4.43. The number of hydrogen-bond acceptors (Lipinski definition) is 9. The second-order valence-corrected chi connectivity index (χ2v) is 15.0. The molecule has 0 aliphatic rings. The monoisotopic (exact) mass is 697 g/mol.